The van der Waals surface area contributed by atoms with Gasteiger partial charge in [0.2, 0.25) is 5.91 Å². The van der Waals surface area contributed by atoms with Crippen LogP contribution >= 0.6 is 11.3 Å². The van der Waals surface area contributed by atoms with Crippen LogP contribution in [0.3, 0.4) is 0 Å². The van der Waals surface area contributed by atoms with Crippen molar-refractivity contribution in [2.45, 2.75) is 64.2 Å². The molecule has 0 saturated heterocycles. The first kappa shape index (κ1) is 22.2. The zero-order chi connectivity index (χ0) is 22.5. The van der Waals surface area contributed by atoms with Crippen LogP contribution in [0.1, 0.15) is 88.1 Å². The van der Waals surface area contributed by atoms with Crippen molar-refractivity contribution >= 4 is 34.1 Å². The third kappa shape index (κ3) is 4.61. The predicted molar refractivity (Wildman–Crippen MR) is 124 cm³/mol. The minimum atomic E-state index is -0.465. The summed E-state index contributed by atoms with van der Waals surface area (Å²) >= 11 is 1.47. The molecule has 0 saturated carbocycles. The highest BCUT2D eigenvalue weighted by Crippen LogP contribution is 2.36. The lowest BCUT2D eigenvalue weighted by Crippen LogP contribution is -2.37. The second-order valence-electron chi connectivity index (χ2n) is 8.44. The Morgan fingerprint density at radius 3 is 2.09 bits per heavy atom. The molecule has 1 aromatic carbocycles. The Balaban J connectivity index is 1.50. The molecule has 0 radical (unpaired) electrons. The molecule has 32 heavy (non-hydrogen) atoms. The first-order chi connectivity index (χ1) is 15.6. The Labute approximate surface area is 192 Å². The van der Waals surface area contributed by atoms with Crippen molar-refractivity contribution in [3.63, 3.8) is 0 Å². The molecule has 1 aromatic heterocycles. The van der Waals surface area contributed by atoms with Gasteiger partial charge in [-0.15, -0.1) is 11.3 Å². The lowest BCUT2D eigenvalue weighted by molar-refractivity contribution is -0.116. The van der Waals surface area contributed by atoms with Gasteiger partial charge in [0.15, 0.2) is 0 Å². The van der Waals surface area contributed by atoms with E-state index in [0.29, 0.717) is 21.7 Å². The number of hydrogen-bond donors (Lipinski definition) is 1. The zero-order valence-electron chi connectivity index (χ0n) is 18.1. The van der Waals surface area contributed by atoms with Gasteiger partial charge in [-0.1, -0.05) is 50.7 Å². The van der Waals surface area contributed by atoms with Crippen molar-refractivity contribution in [2.24, 2.45) is 0 Å². The number of aryl methyl sites for hydroxylation is 1. The van der Waals surface area contributed by atoms with Gasteiger partial charge in [-0.25, -0.2) is 0 Å². The molecule has 6 nitrogen and oxygen atoms in total. The molecule has 7 heteroatoms. The van der Waals surface area contributed by atoms with Crippen molar-refractivity contribution in [1.82, 2.24) is 4.90 Å². The van der Waals surface area contributed by atoms with Crippen LogP contribution in [0, 0.1) is 11.3 Å². The van der Waals surface area contributed by atoms with Crippen LogP contribution in [0.15, 0.2) is 24.3 Å². The molecule has 0 atom stereocenters. The van der Waals surface area contributed by atoms with E-state index in [4.69, 9.17) is 0 Å². The van der Waals surface area contributed by atoms with E-state index in [0.717, 1.165) is 42.6 Å². The van der Waals surface area contributed by atoms with Gasteiger partial charge < -0.3 is 5.32 Å². The summed E-state index contributed by atoms with van der Waals surface area (Å²) in [6.07, 6.45) is 11.3. The Morgan fingerprint density at radius 2 is 1.50 bits per heavy atom. The Morgan fingerprint density at radius 1 is 0.938 bits per heavy atom. The van der Waals surface area contributed by atoms with E-state index in [1.807, 2.05) is 0 Å². The molecule has 0 unspecified atom stereocenters. The first-order valence-electron chi connectivity index (χ1n) is 11.4. The predicted octanol–water partition coefficient (Wildman–Crippen LogP) is 5.07. The standard InChI is InChI=1S/C25H27N3O3S/c26-15-20-17-11-7-5-3-1-2-4-6-8-14-21(17)32-23(20)27-22(29)16-28-24(30)18-12-9-10-13-19(18)25(28)31/h9-10,12-13H,1-8,11,14,16H2,(H,27,29). The van der Waals surface area contributed by atoms with Crippen LogP contribution in [0.25, 0.3) is 0 Å². The summed E-state index contributed by atoms with van der Waals surface area (Å²) in [5.41, 5.74) is 2.24. The van der Waals surface area contributed by atoms with E-state index in [1.165, 1.54) is 48.3 Å². The summed E-state index contributed by atoms with van der Waals surface area (Å²) in [4.78, 5) is 40.0. The maximum absolute atomic E-state index is 12.8. The fourth-order valence-corrected chi connectivity index (χ4v) is 5.78. The number of nitrogens with one attached hydrogen (secondary N) is 1. The van der Waals surface area contributed by atoms with Gasteiger partial charge in [-0.3, -0.25) is 19.3 Å². The van der Waals surface area contributed by atoms with E-state index in [2.05, 4.69) is 11.4 Å². The van der Waals surface area contributed by atoms with Crippen molar-refractivity contribution < 1.29 is 14.4 Å². The van der Waals surface area contributed by atoms with Crippen LogP contribution in [0.2, 0.25) is 0 Å². The number of fused-ring (bicyclic) bond motifs is 2. The Kier molecular flexibility index (Phi) is 7.01. The van der Waals surface area contributed by atoms with Crippen LogP contribution in [0.5, 0.6) is 0 Å². The number of rotatable bonds is 3. The molecule has 4 rings (SSSR count). The molecule has 2 aromatic rings. The lowest BCUT2D eigenvalue weighted by atomic mass is 9.98. The molecule has 2 heterocycles. The number of anilines is 1. The smallest absolute Gasteiger partial charge is 0.262 e. The molecule has 1 aliphatic heterocycles. The van der Waals surface area contributed by atoms with Crippen molar-refractivity contribution in [3.05, 3.63) is 51.4 Å². The number of imide groups is 1. The zero-order valence-corrected chi connectivity index (χ0v) is 18.9. The van der Waals surface area contributed by atoms with E-state index >= 15 is 0 Å². The van der Waals surface area contributed by atoms with Gasteiger partial charge in [-0.05, 0) is 43.4 Å². The number of nitrogens with zero attached hydrogens (tertiary/aromatic N) is 2. The number of benzene rings is 1. The lowest BCUT2D eigenvalue weighted by Gasteiger charge is -2.13. The third-order valence-corrected chi connectivity index (χ3v) is 7.42. The molecule has 3 amide bonds. The fraction of sp³-hybridized carbons (Fsp3) is 0.440. The summed E-state index contributed by atoms with van der Waals surface area (Å²) in [5, 5.41) is 13.2. The summed E-state index contributed by atoms with van der Waals surface area (Å²) < 4.78 is 0. The van der Waals surface area contributed by atoms with Crippen LogP contribution < -0.4 is 5.32 Å². The molecule has 2 aliphatic rings. The van der Waals surface area contributed by atoms with Crippen LogP contribution in [-0.4, -0.2) is 29.2 Å². The maximum atomic E-state index is 12.8. The Hall–Kier alpha value is -2.98. The van der Waals surface area contributed by atoms with Crippen molar-refractivity contribution in [3.8, 4) is 6.07 Å². The molecule has 166 valence electrons. The number of carbonyl (C=O) groups excluding carboxylic acids is 3. The molecular formula is C25H27N3O3S. The summed E-state index contributed by atoms with van der Waals surface area (Å²) in [5.74, 6) is -1.38. The van der Waals surface area contributed by atoms with E-state index in [9.17, 15) is 19.6 Å². The van der Waals surface area contributed by atoms with Gasteiger partial charge in [0, 0.05) is 4.88 Å². The van der Waals surface area contributed by atoms with Gasteiger partial charge in [0.25, 0.3) is 11.8 Å². The van der Waals surface area contributed by atoms with Gasteiger partial charge >= 0.3 is 0 Å². The van der Waals surface area contributed by atoms with E-state index < -0.39 is 17.7 Å². The van der Waals surface area contributed by atoms with Crippen molar-refractivity contribution in [1.29, 1.82) is 5.26 Å². The van der Waals surface area contributed by atoms with Gasteiger partial charge in [0.05, 0.1) is 16.7 Å². The number of amides is 3. The average molecular weight is 450 g/mol. The minimum Gasteiger partial charge on any atom is -0.315 e. The maximum Gasteiger partial charge on any atom is 0.262 e. The highest BCUT2D eigenvalue weighted by molar-refractivity contribution is 7.16. The minimum absolute atomic E-state index is 0.320. The average Bonchev–Trinajstić information content (AvgIpc) is 3.23. The first-order valence-corrected chi connectivity index (χ1v) is 12.2. The summed E-state index contributed by atoms with van der Waals surface area (Å²) in [6, 6.07) is 8.88. The summed E-state index contributed by atoms with van der Waals surface area (Å²) in [7, 11) is 0. The second-order valence-corrected chi connectivity index (χ2v) is 9.54. The number of carbonyl (C=O) groups is 3. The highest BCUT2D eigenvalue weighted by Gasteiger charge is 2.36. The van der Waals surface area contributed by atoms with Crippen LogP contribution in [0.4, 0.5) is 5.00 Å². The van der Waals surface area contributed by atoms with Gasteiger partial charge in [0.1, 0.15) is 17.6 Å². The molecule has 0 fully saturated rings. The number of thiophene rings is 1. The molecule has 1 aliphatic carbocycles. The third-order valence-electron chi connectivity index (χ3n) is 6.22. The normalized spacial score (nSPS) is 17.0. The topological polar surface area (TPSA) is 90.3 Å². The van der Waals surface area contributed by atoms with Crippen molar-refractivity contribution in [2.75, 3.05) is 11.9 Å². The largest absolute Gasteiger partial charge is 0.315 e. The Bertz CT molecular complexity index is 1050. The SMILES string of the molecule is N#Cc1c(NC(=O)CN2C(=O)c3ccccc3C2=O)sc2c1CCCCCCCCCC2. The highest BCUT2D eigenvalue weighted by atomic mass is 32.1. The molecule has 1 N–H and O–H groups in total. The molecule has 0 bridgehead atoms. The van der Waals surface area contributed by atoms with E-state index in [-0.39, 0.29) is 6.54 Å². The second kappa shape index (κ2) is 10.1. The molecular weight excluding hydrogens is 422 g/mol. The molecule has 0 spiro atoms. The van der Waals surface area contributed by atoms with Gasteiger partial charge in [-0.2, -0.15) is 5.26 Å². The monoisotopic (exact) mass is 449 g/mol. The number of nitriles is 1. The number of hydrogen-bond acceptors (Lipinski definition) is 5. The fourth-order valence-electron chi connectivity index (χ4n) is 4.53. The van der Waals surface area contributed by atoms with Crippen LogP contribution in [-0.2, 0) is 17.6 Å². The quantitative estimate of drug-likeness (QED) is 0.662. The van der Waals surface area contributed by atoms with E-state index in [1.54, 1.807) is 24.3 Å². The summed E-state index contributed by atoms with van der Waals surface area (Å²) in [6.45, 7) is -0.361.